The van der Waals surface area contributed by atoms with Gasteiger partial charge in [0, 0.05) is 12.0 Å². The molecule has 0 aliphatic carbocycles. The van der Waals surface area contributed by atoms with Crippen molar-refractivity contribution in [3.63, 3.8) is 0 Å². The minimum atomic E-state index is -0.396. The van der Waals surface area contributed by atoms with Gasteiger partial charge in [-0.1, -0.05) is 0 Å². The van der Waals surface area contributed by atoms with Gasteiger partial charge in [0.15, 0.2) is 6.29 Å². The van der Waals surface area contributed by atoms with E-state index < -0.39 is 6.29 Å². The van der Waals surface area contributed by atoms with Crippen LogP contribution in [0.2, 0.25) is 0 Å². The van der Waals surface area contributed by atoms with Crippen molar-refractivity contribution >= 4 is 17.2 Å². The van der Waals surface area contributed by atoms with Gasteiger partial charge in [-0.3, -0.25) is 4.79 Å². The molecule has 0 saturated carbocycles. The topological polar surface area (TPSA) is 70.8 Å². The molecule has 18 heavy (non-hydrogen) atoms. The second-order valence-electron chi connectivity index (χ2n) is 3.88. The highest BCUT2D eigenvalue weighted by Gasteiger charge is 2.27. The number of rotatable bonds is 6. The van der Waals surface area contributed by atoms with Crippen LogP contribution in [0, 0.1) is 0 Å². The predicted molar refractivity (Wildman–Crippen MR) is 67.7 cm³/mol. The first kappa shape index (κ1) is 13.5. The second-order valence-corrected chi connectivity index (χ2v) is 4.79. The predicted octanol–water partition coefficient (Wildman–Crippen LogP) is 1.47. The number of hydrogen-bond donors (Lipinski definition) is 1. The SMILES string of the molecule is CCOCCOC1OCCc2c(C(N)=O)csc21. The zero-order chi connectivity index (χ0) is 13.0. The van der Waals surface area contributed by atoms with Gasteiger partial charge in [0.05, 0.1) is 30.3 Å². The summed E-state index contributed by atoms with van der Waals surface area (Å²) in [7, 11) is 0. The third-order valence-electron chi connectivity index (χ3n) is 2.73. The molecular formula is C12H17NO4S. The molecule has 1 aromatic heterocycles. The van der Waals surface area contributed by atoms with Crippen molar-refractivity contribution in [2.24, 2.45) is 5.73 Å². The summed E-state index contributed by atoms with van der Waals surface area (Å²) < 4.78 is 16.4. The van der Waals surface area contributed by atoms with Crippen LogP contribution in [0.1, 0.15) is 34.0 Å². The van der Waals surface area contributed by atoms with Gasteiger partial charge >= 0.3 is 0 Å². The molecule has 1 aliphatic heterocycles. The van der Waals surface area contributed by atoms with E-state index in [2.05, 4.69) is 0 Å². The summed E-state index contributed by atoms with van der Waals surface area (Å²) in [6, 6.07) is 0. The van der Waals surface area contributed by atoms with Crippen molar-refractivity contribution in [2.45, 2.75) is 19.6 Å². The van der Waals surface area contributed by atoms with Gasteiger partial charge in [0.25, 0.3) is 0 Å². The lowest BCUT2D eigenvalue weighted by atomic mass is 10.1. The quantitative estimate of drug-likeness (QED) is 0.795. The molecule has 1 amide bonds. The molecular weight excluding hydrogens is 254 g/mol. The Morgan fingerprint density at radius 3 is 3.17 bits per heavy atom. The van der Waals surface area contributed by atoms with Gasteiger partial charge in [-0.2, -0.15) is 0 Å². The van der Waals surface area contributed by atoms with Crippen LogP contribution in [0.5, 0.6) is 0 Å². The molecule has 2 N–H and O–H groups in total. The Hall–Kier alpha value is -0.950. The number of nitrogens with two attached hydrogens (primary N) is 1. The number of carbonyl (C=O) groups is 1. The zero-order valence-corrected chi connectivity index (χ0v) is 11.1. The van der Waals surface area contributed by atoms with Crippen molar-refractivity contribution in [1.82, 2.24) is 0 Å². The maximum atomic E-state index is 11.3. The monoisotopic (exact) mass is 271 g/mol. The van der Waals surface area contributed by atoms with Crippen LogP contribution < -0.4 is 5.73 Å². The Kier molecular flexibility index (Phi) is 4.71. The lowest BCUT2D eigenvalue weighted by Gasteiger charge is -2.23. The third kappa shape index (κ3) is 2.89. The van der Waals surface area contributed by atoms with E-state index in [1.165, 1.54) is 11.3 Å². The van der Waals surface area contributed by atoms with Crippen molar-refractivity contribution in [1.29, 1.82) is 0 Å². The molecule has 0 saturated heterocycles. The number of primary amides is 1. The number of thiophene rings is 1. The molecule has 0 fully saturated rings. The van der Waals surface area contributed by atoms with Gasteiger partial charge in [-0.25, -0.2) is 0 Å². The number of hydrogen-bond acceptors (Lipinski definition) is 5. The summed E-state index contributed by atoms with van der Waals surface area (Å²) in [5.41, 5.74) is 6.90. The first-order valence-corrected chi connectivity index (χ1v) is 6.83. The minimum absolute atomic E-state index is 0.387. The normalized spacial score (nSPS) is 18.6. The average Bonchev–Trinajstić information content (AvgIpc) is 2.79. The van der Waals surface area contributed by atoms with Crippen LogP contribution in [0.4, 0.5) is 0 Å². The lowest BCUT2D eigenvalue weighted by molar-refractivity contribution is -0.158. The van der Waals surface area contributed by atoms with Crippen molar-refractivity contribution in [2.75, 3.05) is 26.4 Å². The Morgan fingerprint density at radius 1 is 1.61 bits per heavy atom. The highest BCUT2D eigenvalue weighted by Crippen LogP contribution is 2.35. The molecule has 1 unspecified atom stereocenters. The highest BCUT2D eigenvalue weighted by atomic mass is 32.1. The first-order chi connectivity index (χ1) is 8.74. The maximum Gasteiger partial charge on any atom is 0.249 e. The van der Waals surface area contributed by atoms with E-state index in [4.69, 9.17) is 19.9 Å². The number of carbonyl (C=O) groups excluding carboxylic acids is 1. The molecule has 1 aliphatic rings. The molecule has 1 atom stereocenters. The third-order valence-corrected chi connectivity index (χ3v) is 3.77. The van der Waals surface area contributed by atoms with Gasteiger partial charge in [0.2, 0.25) is 5.91 Å². The maximum absolute atomic E-state index is 11.3. The molecule has 2 heterocycles. The van der Waals surface area contributed by atoms with E-state index in [9.17, 15) is 4.79 Å². The van der Waals surface area contributed by atoms with Gasteiger partial charge in [0.1, 0.15) is 0 Å². The van der Waals surface area contributed by atoms with Crippen LogP contribution in [0.15, 0.2) is 5.38 Å². The molecule has 0 radical (unpaired) electrons. The van der Waals surface area contributed by atoms with Gasteiger partial charge in [-0.15, -0.1) is 11.3 Å². The standard InChI is InChI=1S/C12H17NO4S/c1-2-15-5-6-17-12-10-8(3-4-16-12)9(7-18-10)11(13)14/h7,12H,2-6H2,1H3,(H2,13,14). The van der Waals surface area contributed by atoms with Crippen LogP contribution in [-0.2, 0) is 20.6 Å². The summed E-state index contributed by atoms with van der Waals surface area (Å²) in [6.07, 6.45) is 0.315. The van der Waals surface area contributed by atoms with Crippen LogP contribution in [-0.4, -0.2) is 32.3 Å². The fourth-order valence-electron chi connectivity index (χ4n) is 1.89. The Morgan fingerprint density at radius 2 is 2.44 bits per heavy atom. The fourth-order valence-corrected chi connectivity index (χ4v) is 2.99. The molecule has 100 valence electrons. The lowest BCUT2D eigenvalue weighted by Crippen LogP contribution is -2.21. The van der Waals surface area contributed by atoms with Crippen LogP contribution >= 0.6 is 11.3 Å². The smallest absolute Gasteiger partial charge is 0.249 e. The van der Waals surface area contributed by atoms with Gasteiger partial charge < -0.3 is 19.9 Å². The first-order valence-electron chi connectivity index (χ1n) is 5.95. The van der Waals surface area contributed by atoms with E-state index in [0.29, 0.717) is 38.4 Å². The van der Waals surface area contributed by atoms with E-state index in [1.807, 2.05) is 6.92 Å². The largest absolute Gasteiger partial charge is 0.379 e. The number of ether oxygens (including phenoxy) is 3. The molecule has 0 spiro atoms. The second kappa shape index (κ2) is 6.29. The molecule has 5 nitrogen and oxygen atoms in total. The summed E-state index contributed by atoms with van der Waals surface area (Å²) in [4.78, 5) is 12.2. The highest BCUT2D eigenvalue weighted by molar-refractivity contribution is 7.10. The molecule has 0 bridgehead atoms. The van der Waals surface area contributed by atoms with Crippen molar-refractivity contribution < 1.29 is 19.0 Å². The fraction of sp³-hybridized carbons (Fsp3) is 0.583. The number of amides is 1. The van der Waals surface area contributed by atoms with E-state index in [-0.39, 0.29) is 5.91 Å². The molecule has 6 heteroatoms. The molecule has 2 rings (SSSR count). The van der Waals surface area contributed by atoms with Crippen LogP contribution in [0.3, 0.4) is 0 Å². The zero-order valence-electron chi connectivity index (χ0n) is 10.3. The van der Waals surface area contributed by atoms with E-state index in [0.717, 1.165) is 10.4 Å². The summed E-state index contributed by atoms with van der Waals surface area (Å²) >= 11 is 1.46. The molecule has 0 aromatic carbocycles. The van der Waals surface area contributed by atoms with Crippen molar-refractivity contribution in [3.8, 4) is 0 Å². The van der Waals surface area contributed by atoms with E-state index in [1.54, 1.807) is 5.38 Å². The minimum Gasteiger partial charge on any atom is -0.379 e. The number of fused-ring (bicyclic) bond motifs is 1. The summed E-state index contributed by atoms with van der Waals surface area (Å²) in [6.45, 7) is 4.17. The Bertz CT molecular complexity index is 418. The summed E-state index contributed by atoms with van der Waals surface area (Å²) in [5.74, 6) is -0.387. The van der Waals surface area contributed by atoms with Crippen molar-refractivity contribution in [3.05, 3.63) is 21.4 Å². The van der Waals surface area contributed by atoms with Gasteiger partial charge in [-0.05, 0) is 18.9 Å². The Balaban J connectivity index is 2.02. The van der Waals surface area contributed by atoms with Crippen LogP contribution in [0.25, 0.3) is 0 Å². The summed E-state index contributed by atoms with van der Waals surface area (Å²) in [5, 5.41) is 1.78. The molecule has 1 aromatic rings. The Labute approximate surface area is 110 Å². The average molecular weight is 271 g/mol. The van der Waals surface area contributed by atoms with E-state index >= 15 is 0 Å².